The number of ether oxygens (including phenoxy) is 4. The molecule has 0 radical (unpaired) electrons. The lowest BCUT2D eigenvalue weighted by molar-refractivity contribution is -0.144. The Hall–Kier alpha value is -4.15. The van der Waals surface area contributed by atoms with E-state index in [9.17, 15) is 19.2 Å². The second kappa shape index (κ2) is 9.48. The van der Waals surface area contributed by atoms with E-state index >= 15 is 0 Å². The average molecular weight is 498 g/mol. The molecule has 1 saturated heterocycles. The fourth-order valence-corrected chi connectivity index (χ4v) is 5.46. The van der Waals surface area contributed by atoms with Gasteiger partial charge in [0.05, 0.1) is 45.0 Å². The van der Waals surface area contributed by atoms with Gasteiger partial charge in [-0.2, -0.15) is 0 Å². The number of amidine groups is 1. The van der Waals surface area contributed by atoms with Gasteiger partial charge in [0.15, 0.2) is 5.70 Å². The van der Waals surface area contributed by atoms with Gasteiger partial charge in [-0.1, -0.05) is 24.3 Å². The third kappa shape index (κ3) is 3.37. The first kappa shape index (κ1) is 25.0. The molecule has 1 aromatic carbocycles. The van der Waals surface area contributed by atoms with Gasteiger partial charge in [-0.15, -0.1) is 6.58 Å². The molecule has 1 spiro atoms. The molecule has 3 aliphatic rings. The van der Waals surface area contributed by atoms with Crippen molar-refractivity contribution in [2.45, 2.75) is 30.8 Å². The minimum Gasteiger partial charge on any atom is -0.467 e. The number of anilines is 1. The Balaban J connectivity index is 2.11. The number of carbonyl (C=O) groups excluding carboxylic acids is 4. The van der Waals surface area contributed by atoms with E-state index in [1.54, 1.807) is 13.0 Å². The summed E-state index contributed by atoms with van der Waals surface area (Å²) in [6.07, 6.45) is 0.860. The third-order valence-corrected chi connectivity index (χ3v) is 6.72. The van der Waals surface area contributed by atoms with Crippen LogP contribution < -0.4 is 4.90 Å². The number of carbonyl (C=O) groups is 4. The number of aliphatic imine (C=N–C) groups is 1. The lowest BCUT2D eigenvalue weighted by Crippen LogP contribution is -2.56. The minimum absolute atomic E-state index is 0.0294. The van der Waals surface area contributed by atoms with E-state index in [1.165, 1.54) is 14.2 Å². The topological polar surface area (TPSA) is 124 Å². The van der Waals surface area contributed by atoms with Crippen molar-refractivity contribution in [3.63, 3.8) is 0 Å². The maximum absolute atomic E-state index is 13.2. The summed E-state index contributed by atoms with van der Waals surface area (Å²) in [5.41, 5.74) is -0.0904. The number of methoxy groups -OCH3 is 3. The number of benzene rings is 1. The summed E-state index contributed by atoms with van der Waals surface area (Å²) in [5.74, 6) is -2.27. The van der Waals surface area contributed by atoms with Crippen LogP contribution in [0.15, 0.2) is 53.2 Å². The van der Waals surface area contributed by atoms with Crippen molar-refractivity contribution in [1.29, 1.82) is 0 Å². The zero-order valence-electron chi connectivity index (χ0n) is 20.5. The normalized spacial score (nSPS) is 23.7. The van der Waals surface area contributed by atoms with Gasteiger partial charge in [-0.05, 0) is 25.0 Å². The first-order valence-corrected chi connectivity index (χ1v) is 11.3. The number of hydrogen-bond donors (Lipinski definition) is 0. The molecule has 0 saturated carbocycles. The summed E-state index contributed by atoms with van der Waals surface area (Å²) in [6, 6.07) is 5.37. The molecule has 190 valence electrons. The summed E-state index contributed by atoms with van der Waals surface area (Å²) >= 11 is 0. The Morgan fingerprint density at radius 3 is 2.42 bits per heavy atom. The SMILES string of the molecule is C=CCN1c2ccccc2[C@]23C[C@@H](C(=O)OC)N(C(=O)OCC)C2=NC(C(=O)OC)=C(C(=O)OC)[C@H]13. The van der Waals surface area contributed by atoms with Crippen LogP contribution in [-0.2, 0) is 38.7 Å². The maximum atomic E-state index is 13.2. The molecule has 36 heavy (non-hydrogen) atoms. The predicted molar refractivity (Wildman–Crippen MR) is 127 cm³/mol. The fourth-order valence-electron chi connectivity index (χ4n) is 5.46. The zero-order chi connectivity index (χ0) is 26.2. The molecular formula is C25H27N3O8. The third-order valence-electron chi connectivity index (χ3n) is 6.72. The Morgan fingerprint density at radius 1 is 1.11 bits per heavy atom. The molecule has 0 unspecified atom stereocenters. The Morgan fingerprint density at radius 2 is 1.81 bits per heavy atom. The molecule has 1 fully saturated rings. The summed E-state index contributed by atoms with van der Waals surface area (Å²) in [5, 5.41) is 0. The van der Waals surface area contributed by atoms with Gasteiger partial charge < -0.3 is 23.8 Å². The fraction of sp³-hybridized carbons (Fsp3) is 0.400. The summed E-state index contributed by atoms with van der Waals surface area (Å²) in [7, 11) is 3.58. The zero-order valence-corrected chi connectivity index (χ0v) is 20.5. The predicted octanol–water partition coefficient (Wildman–Crippen LogP) is 1.71. The van der Waals surface area contributed by atoms with Gasteiger partial charge in [0.25, 0.3) is 0 Å². The van der Waals surface area contributed by atoms with Crippen molar-refractivity contribution >= 4 is 35.5 Å². The molecule has 0 aromatic heterocycles. The number of amides is 1. The van der Waals surface area contributed by atoms with Crippen LogP contribution in [0.3, 0.4) is 0 Å². The largest absolute Gasteiger partial charge is 0.467 e. The summed E-state index contributed by atoms with van der Waals surface area (Å²) in [4.78, 5) is 59.9. The van der Waals surface area contributed by atoms with E-state index in [0.717, 1.165) is 23.3 Å². The molecule has 11 nitrogen and oxygen atoms in total. The summed E-state index contributed by atoms with van der Waals surface area (Å²) < 4.78 is 20.3. The number of para-hydroxylation sites is 1. The highest BCUT2D eigenvalue weighted by atomic mass is 16.6. The lowest BCUT2D eigenvalue weighted by Gasteiger charge is -2.40. The monoisotopic (exact) mass is 497 g/mol. The van der Waals surface area contributed by atoms with E-state index in [0.29, 0.717) is 0 Å². The van der Waals surface area contributed by atoms with Crippen molar-refractivity contribution < 1.29 is 38.1 Å². The van der Waals surface area contributed by atoms with Crippen molar-refractivity contribution in [2.75, 3.05) is 39.4 Å². The van der Waals surface area contributed by atoms with Crippen LogP contribution in [-0.4, -0.2) is 81.3 Å². The highest BCUT2D eigenvalue weighted by Crippen LogP contribution is 2.57. The molecule has 1 amide bonds. The van der Waals surface area contributed by atoms with E-state index in [4.69, 9.17) is 18.9 Å². The van der Waals surface area contributed by atoms with Gasteiger partial charge in [0.1, 0.15) is 11.9 Å². The van der Waals surface area contributed by atoms with Crippen LogP contribution in [0.25, 0.3) is 0 Å². The number of likely N-dealkylation sites (tertiary alicyclic amines) is 1. The van der Waals surface area contributed by atoms with Crippen molar-refractivity contribution in [2.24, 2.45) is 4.99 Å². The van der Waals surface area contributed by atoms with Gasteiger partial charge in [-0.3, -0.25) is 0 Å². The van der Waals surface area contributed by atoms with Crippen LogP contribution in [0.5, 0.6) is 0 Å². The van der Waals surface area contributed by atoms with Gasteiger partial charge in [-0.25, -0.2) is 29.1 Å². The van der Waals surface area contributed by atoms with Gasteiger partial charge in [0, 0.05) is 12.2 Å². The quantitative estimate of drug-likeness (QED) is 0.328. The molecule has 0 bridgehead atoms. The minimum atomic E-state index is -1.19. The van der Waals surface area contributed by atoms with Crippen LogP contribution in [0.2, 0.25) is 0 Å². The van der Waals surface area contributed by atoms with Gasteiger partial charge >= 0.3 is 24.0 Å². The molecule has 1 aromatic rings. The molecule has 3 heterocycles. The van der Waals surface area contributed by atoms with Crippen molar-refractivity contribution in [1.82, 2.24) is 4.90 Å². The van der Waals surface area contributed by atoms with Crippen LogP contribution in [0.4, 0.5) is 10.5 Å². The first-order chi connectivity index (χ1) is 17.3. The molecule has 0 aliphatic carbocycles. The van der Waals surface area contributed by atoms with E-state index in [-0.39, 0.29) is 36.7 Å². The van der Waals surface area contributed by atoms with E-state index in [2.05, 4.69) is 11.6 Å². The first-order valence-electron chi connectivity index (χ1n) is 11.3. The van der Waals surface area contributed by atoms with Crippen LogP contribution in [0.1, 0.15) is 18.9 Å². The molecule has 0 N–H and O–H groups in total. The van der Waals surface area contributed by atoms with Crippen molar-refractivity contribution in [3.05, 3.63) is 53.8 Å². The maximum Gasteiger partial charge on any atom is 0.416 e. The Bertz CT molecular complexity index is 1210. The molecular weight excluding hydrogens is 470 g/mol. The second-order valence-electron chi connectivity index (χ2n) is 8.32. The van der Waals surface area contributed by atoms with E-state index in [1.807, 2.05) is 29.2 Å². The highest BCUT2D eigenvalue weighted by Gasteiger charge is 2.68. The lowest BCUT2D eigenvalue weighted by atomic mass is 9.69. The highest BCUT2D eigenvalue weighted by molar-refractivity contribution is 6.16. The standard InChI is InChI=1S/C25H27N3O8/c1-6-12-27-15-11-9-8-10-14(15)25-13-16(20(29)33-3)28(24(32)36-7-2)23(25)26-18(22(31)35-5)17(19(25)27)21(30)34-4/h6,8-11,16,19H,1,7,12-13H2,2-5H3/t16-,19-,25-/m0/s1. The van der Waals surface area contributed by atoms with E-state index < -0.39 is 41.5 Å². The van der Waals surface area contributed by atoms with Crippen LogP contribution in [0, 0.1) is 0 Å². The number of hydrogen-bond acceptors (Lipinski definition) is 10. The van der Waals surface area contributed by atoms with Crippen LogP contribution >= 0.6 is 0 Å². The summed E-state index contributed by atoms with van der Waals surface area (Å²) in [6.45, 7) is 5.81. The molecule has 4 rings (SSSR count). The number of nitrogens with zero attached hydrogens (tertiary/aromatic N) is 3. The number of esters is 3. The number of rotatable bonds is 6. The molecule has 3 atom stereocenters. The smallest absolute Gasteiger partial charge is 0.416 e. The Kier molecular flexibility index (Phi) is 6.57. The number of fused-ring (bicyclic) bond motifs is 1. The molecule has 3 aliphatic heterocycles. The van der Waals surface area contributed by atoms with Crippen molar-refractivity contribution in [3.8, 4) is 0 Å². The second-order valence-corrected chi connectivity index (χ2v) is 8.32. The average Bonchev–Trinajstić information content (AvgIpc) is 3.38. The van der Waals surface area contributed by atoms with Gasteiger partial charge in [0.2, 0.25) is 0 Å². The molecule has 11 heteroatoms. The Labute approximate surface area is 207 Å².